The van der Waals surface area contributed by atoms with E-state index in [0.717, 1.165) is 39.8 Å². The predicted molar refractivity (Wildman–Crippen MR) is 118 cm³/mol. The molecule has 0 aliphatic heterocycles. The maximum Gasteiger partial charge on any atom is 0.143 e. The van der Waals surface area contributed by atoms with Crippen LogP contribution >= 0.6 is 0 Å². The second-order valence-corrected chi connectivity index (χ2v) is 7.59. The first-order valence-electron chi connectivity index (χ1n) is 10.1. The van der Waals surface area contributed by atoms with Gasteiger partial charge >= 0.3 is 0 Å². The van der Waals surface area contributed by atoms with Gasteiger partial charge < -0.3 is 9.30 Å². The van der Waals surface area contributed by atoms with Crippen molar-refractivity contribution in [1.29, 1.82) is 0 Å². The summed E-state index contributed by atoms with van der Waals surface area (Å²) in [6, 6.07) is 16.7. The van der Waals surface area contributed by atoms with Crippen LogP contribution < -0.4 is 4.74 Å². The van der Waals surface area contributed by atoms with Crippen molar-refractivity contribution in [3.05, 3.63) is 101 Å². The van der Waals surface area contributed by atoms with Gasteiger partial charge in [-0.2, -0.15) is 0 Å². The lowest BCUT2D eigenvalue weighted by atomic mass is 9.95. The topological polar surface area (TPSA) is 52.8 Å². The summed E-state index contributed by atoms with van der Waals surface area (Å²) in [4.78, 5) is 13.8. The Morgan fingerprint density at radius 2 is 1.83 bits per heavy atom. The molecule has 4 rings (SSSR count). The molecule has 0 aliphatic carbocycles. The Balaban J connectivity index is 1.61. The minimum atomic E-state index is 0.217. The summed E-state index contributed by atoms with van der Waals surface area (Å²) < 4.78 is 7.61. The van der Waals surface area contributed by atoms with Gasteiger partial charge in [0.25, 0.3) is 0 Å². The number of aryl methyl sites for hydroxylation is 2. The quantitative estimate of drug-likeness (QED) is 0.457. The third kappa shape index (κ3) is 4.10. The maximum atomic E-state index is 5.64. The van der Waals surface area contributed by atoms with Crippen LogP contribution in [-0.4, -0.2) is 26.6 Å². The second kappa shape index (κ2) is 8.49. The van der Waals surface area contributed by atoms with Gasteiger partial charge in [-0.05, 0) is 42.7 Å². The van der Waals surface area contributed by atoms with Crippen LogP contribution in [0.5, 0.6) is 5.75 Å². The first-order chi connectivity index (χ1) is 14.5. The number of hydrogen-bond acceptors (Lipinski definition) is 4. The average Bonchev–Trinajstić information content (AvgIpc) is 3.21. The van der Waals surface area contributed by atoms with Crippen molar-refractivity contribution in [3.63, 3.8) is 0 Å². The zero-order valence-corrected chi connectivity index (χ0v) is 17.8. The molecule has 0 spiro atoms. The van der Waals surface area contributed by atoms with Crippen LogP contribution in [0.2, 0.25) is 0 Å². The van der Waals surface area contributed by atoms with Crippen LogP contribution in [0.15, 0.2) is 67.3 Å². The summed E-state index contributed by atoms with van der Waals surface area (Å²) in [6.07, 6.45) is 6.36. The summed E-state index contributed by atoms with van der Waals surface area (Å²) >= 11 is 0. The fourth-order valence-corrected chi connectivity index (χ4v) is 3.70. The van der Waals surface area contributed by atoms with E-state index in [9.17, 15) is 0 Å². The van der Waals surface area contributed by atoms with E-state index in [2.05, 4.69) is 60.2 Å². The first kappa shape index (κ1) is 19.8. The zero-order valence-electron chi connectivity index (χ0n) is 17.8. The molecule has 0 bridgehead atoms. The van der Waals surface area contributed by atoms with Gasteiger partial charge in [0, 0.05) is 24.7 Å². The van der Waals surface area contributed by atoms with Crippen LogP contribution in [0.3, 0.4) is 0 Å². The molecule has 0 fully saturated rings. The molecule has 0 radical (unpaired) electrons. The van der Waals surface area contributed by atoms with Gasteiger partial charge in [-0.15, -0.1) is 0 Å². The monoisotopic (exact) mass is 398 g/mol. The van der Waals surface area contributed by atoms with Crippen LogP contribution in [0.4, 0.5) is 0 Å². The Morgan fingerprint density at radius 1 is 1.03 bits per heavy atom. The van der Waals surface area contributed by atoms with E-state index in [0.29, 0.717) is 6.42 Å². The highest BCUT2D eigenvalue weighted by atomic mass is 16.5. The highest BCUT2D eigenvalue weighted by molar-refractivity contribution is 5.49. The Labute approximate surface area is 177 Å². The summed E-state index contributed by atoms with van der Waals surface area (Å²) in [5, 5.41) is 0. The summed E-state index contributed by atoms with van der Waals surface area (Å²) in [6.45, 7) is 6.24. The first-order valence-corrected chi connectivity index (χ1v) is 10.1. The van der Waals surface area contributed by atoms with Gasteiger partial charge in [0.15, 0.2) is 0 Å². The largest absolute Gasteiger partial charge is 0.495 e. The van der Waals surface area contributed by atoms with E-state index in [1.54, 1.807) is 13.4 Å². The van der Waals surface area contributed by atoms with Crippen LogP contribution in [0.25, 0.3) is 5.69 Å². The molecule has 2 heterocycles. The number of aromatic nitrogens is 4. The minimum absolute atomic E-state index is 0.217. The molecule has 0 N–H and O–H groups in total. The fraction of sp³-hybridized carbons (Fsp3) is 0.240. The normalized spacial score (nSPS) is 12.0. The molecule has 0 aliphatic rings. The summed E-state index contributed by atoms with van der Waals surface area (Å²) in [5.41, 5.74) is 6.48. The molecule has 152 valence electrons. The summed E-state index contributed by atoms with van der Waals surface area (Å²) in [7, 11) is 1.69. The zero-order chi connectivity index (χ0) is 21.1. The molecule has 1 unspecified atom stereocenters. The smallest absolute Gasteiger partial charge is 0.143 e. The van der Waals surface area contributed by atoms with Gasteiger partial charge in [-0.3, -0.25) is 0 Å². The molecule has 4 aromatic rings. The SMILES string of the molecule is COc1cc(Cc2ncc(C)c(C(C)c3ccccc3)n2)ccc1-n1cnc(C)c1. The van der Waals surface area contributed by atoms with E-state index < -0.39 is 0 Å². The fourth-order valence-electron chi connectivity index (χ4n) is 3.70. The standard InChI is InChI=1S/C25H26N4O/c1-17-14-26-24(28-25(17)19(3)21-8-6-5-7-9-21)13-20-10-11-22(23(12-20)30-4)29-15-18(2)27-16-29/h5-12,14-16,19H,13H2,1-4H3. The number of nitrogens with zero attached hydrogens (tertiary/aromatic N) is 4. The molecule has 0 amide bonds. The maximum absolute atomic E-state index is 5.64. The number of methoxy groups -OCH3 is 1. The van der Waals surface area contributed by atoms with Crippen molar-refractivity contribution < 1.29 is 4.74 Å². The molecular formula is C25H26N4O. The predicted octanol–water partition coefficient (Wildman–Crippen LogP) is 5.03. The van der Waals surface area contributed by atoms with Crippen LogP contribution in [0.1, 0.15) is 46.7 Å². The van der Waals surface area contributed by atoms with Gasteiger partial charge in [0.2, 0.25) is 0 Å². The highest BCUT2D eigenvalue weighted by Gasteiger charge is 2.15. The average molecular weight is 399 g/mol. The molecule has 30 heavy (non-hydrogen) atoms. The Hall–Kier alpha value is -3.47. The van der Waals surface area contributed by atoms with E-state index in [4.69, 9.17) is 9.72 Å². The number of hydrogen-bond donors (Lipinski definition) is 0. The molecule has 2 aromatic carbocycles. The lowest BCUT2D eigenvalue weighted by molar-refractivity contribution is 0.412. The summed E-state index contributed by atoms with van der Waals surface area (Å²) in [5.74, 6) is 1.83. The molecular weight excluding hydrogens is 372 g/mol. The van der Waals surface area contributed by atoms with E-state index >= 15 is 0 Å². The molecule has 2 aromatic heterocycles. The second-order valence-electron chi connectivity index (χ2n) is 7.59. The molecule has 0 saturated heterocycles. The van der Waals surface area contributed by atoms with E-state index in [1.807, 2.05) is 36.0 Å². The molecule has 1 atom stereocenters. The molecule has 5 nitrogen and oxygen atoms in total. The van der Waals surface area contributed by atoms with E-state index in [-0.39, 0.29) is 5.92 Å². The Morgan fingerprint density at radius 3 is 2.53 bits per heavy atom. The lowest BCUT2D eigenvalue weighted by Gasteiger charge is -2.15. The number of benzene rings is 2. The van der Waals surface area contributed by atoms with Gasteiger partial charge in [0.05, 0.1) is 30.5 Å². The Kier molecular flexibility index (Phi) is 5.61. The van der Waals surface area contributed by atoms with Crippen molar-refractivity contribution in [2.45, 2.75) is 33.1 Å². The van der Waals surface area contributed by atoms with Crippen molar-refractivity contribution >= 4 is 0 Å². The van der Waals surface area contributed by atoms with Gasteiger partial charge in [-0.1, -0.05) is 43.3 Å². The number of ether oxygens (including phenoxy) is 1. The van der Waals surface area contributed by atoms with Gasteiger partial charge in [-0.25, -0.2) is 15.0 Å². The highest BCUT2D eigenvalue weighted by Crippen LogP contribution is 2.27. The molecule has 5 heteroatoms. The van der Waals surface area contributed by atoms with E-state index in [1.165, 1.54) is 5.56 Å². The van der Waals surface area contributed by atoms with Crippen molar-refractivity contribution in [2.24, 2.45) is 0 Å². The molecule has 0 saturated carbocycles. The van der Waals surface area contributed by atoms with Crippen molar-refractivity contribution in [1.82, 2.24) is 19.5 Å². The van der Waals surface area contributed by atoms with Crippen LogP contribution in [0, 0.1) is 13.8 Å². The van der Waals surface area contributed by atoms with Crippen molar-refractivity contribution in [2.75, 3.05) is 7.11 Å². The minimum Gasteiger partial charge on any atom is -0.495 e. The van der Waals surface area contributed by atoms with Crippen molar-refractivity contribution in [3.8, 4) is 11.4 Å². The third-order valence-electron chi connectivity index (χ3n) is 5.37. The lowest BCUT2D eigenvalue weighted by Crippen LogP contribution is -2.07. The van der Waals surface area contributed by atoms with Gasteiger partial charge in [0.1, 0.15) is 11.6 Å². The Bertz CT molecular complexity index is 1150. The number of imidazole rings is 1. The number of rotatable bonds is 6. The third-order valence-corrected chi connectivity index (χ3v) is 5.37. The van der Waals surface area contributed by atoms with Crippen LogP contribution in [-0.2, 0) is 6.42 Å².